The summed E-state index contributed by atoms with van der Waals surface area (Å²) in [5.41, 5.74) is -1.12. The van der Waals surface area contributed by atoms with Gasteiger partial charge in [-0.1, -0.05) is 11.6 Å². The van der Waals surface area contributed by atoms with Gasteiger partial charge in [-0.25, -0.2) is 0 Å². The summed E-state index contributed by atoms with van der Waals surface area (Å²) in [6.45, 7) is 1.41. The summed E-state index contributed by atoms with van der Waals surface area (Å²) in [4.78, 5) is 25.6. The van der Waals surface area contributed by atoms with Crippen molar-refractivity contribution < 1.29 is 118 Å². The Morgan fingerprint density at radius 3 is 1.21 bits per heavy atom. The van der Waals surface area contributed by atoms with E-state index in [1.165, 1.54) is 6.92 Å². The van der Waals surface area contributed by atoms with E-state index in [4.69, 9.17) is 41.1 Å². The molecule has 11 heteroatoms. The zero-order valence-electron chi connectivity index (χ0n) is 8.51. The minimum absolute atomic E-state index is 0. The monoisotopic (exact) mass is 274 g/mol. The second kappa shape index (κ2) is 16.3. The molecule has 2 atom stereocenters. The van der Waals surface area contributed by atoms with Crippen molar-refractivity contribution in [2.45, 2.75) is 18.6 Å². The predicted octanol–water partition coefficient (Wildman–Crippen LogP) is -11.9. The zero-order valence-corrected chi connectivity index (χ0v) is 16.2. The first-order valence-electron chi connectivity index (χ1n) is 2.38. The molecule has 0 fully saturated rings. The van der Waals surface area contributed by atoms with Gasteiger partial charge in [-0.3, -0.25) is 0 Å². The fourth-order valence-corrected chi connectivity index (χ4v) is 0. The number of alkyl halides is 1. The predicted molar refractivity (Wildman–Crippen MR) is 31.1 cm³/mol. The number of hydrogen-bond acceptors (Lipinski definition) is 6. The first-order chi connectivity index (χ1) is 4.64. The van der Waals surface area contributed by atoms with Gasteiger partial charge in [-0.2, -0.15) is 7.82 Å². The van der Waals surface area contributed by atoms with E-state index in [0.29, 0.717) is 0 Å². The number of rotatable bonds is 1. The van der Waals surface area contributed by atoms with Gasteiger partial charge in [0.05, 0.1) is 6.10 Å². The molecule has 14 heavy (non-hydrogen) atoms. The van der Waals surface area contributed by atoms with Gasteiger partial charge >= 0.3 is 88.7 Å². The van der Waals surface area contributed by atoms with Gasteiger partial charge in [-0.15, -0.1) is 0 Å². The van der Waals surface area contributed by atoms with Crippen LogP contribution in [0.25, 0.3) is 0 Å². The van der Waals surface area contributed by atoms with Crippen molar-refractivity contribution >= 4 is 19.4 Å². The molecular formula is C3H7ClNa3O6P. The van der Waals surface area contributed by atoms with Crippen LogP contribution in [-0.4, -0.2) is 21.9 Å². The summed E-state index contributed by atoms with van der Waals surface area (Å²) in [7, 11) is -5.39. The van der Waals surface area contributed by atoms with Gasteiger partial charge in [0.2, 0.25) is 0 Å². The van der Waals surface area contributed by atoms with Crippen molar-refractivity contribution in [3.63, 3.8) is 0 Å². The van der Waals surface area contributed by atoms with Crippen LogP contribution in [0.4, 0.5) is 0 Å². The maximum Gasteiger partial charge on any atom is 1.00 e. The van der Waals surface area contributed by atoms with Crippen LogP contribution in [-0.2, 0) is 4.57 Å². The van der Waals surface area contributed by atoms with E-state index in [1.54, 1.807) is 0 Å². The molecule has 0 bridgehead atoms. The summed E-state index contributed by atoms with van der Waals surface area (Å²) in [6, 6.07) is 0. The third kappa shape index (κ3) is 58.6. The van der Waals surface area contributed by atoms with E-state index < -0.39 is 19.5 Å². The fraction of sp³-hybridized carbons (Fsp3) is 1.00. The van der Waals surface area contributed by atoms with Crippen LogP contribution in [0.2, 0.25) is 0 Å². The van der Waals surface area contributed by atoms with E-state index in [1.807, 2.05) is 0 Å². The van der Waals surface area contributed by atoms with Crippen LogP contribution >= 0.6 is 19.4 Å². The third-order valence-electron chi connectivity index (χ3n) is 0.398. The van der Waals surface area contributed by atoms with Crippen LogP contribution < -0.4 is 103 Å². The molecule has 0 aliphatic rings. The molecule has 0 aliphatic carbocycles. The standard InChI is InChI=1S/C3H7ClO2.3Na.H3O4P/c1-2(5)3(4)6;;;;1-5(2,3)4/h2-3,5-6H,1H3;;;;(H3,1,2,3,4)/q;3*+1;/p-3. The smallest absolute Gasteiger partial charge is 0.822 e. The molecule has 0 saturated heterocycles. The number of halogens is 1. The second-order valence-electron chi connectivity index (χ2n) is 1.56. The Hall–Kier alpha value is 3.32. The van der Waals surface area contributed by atoms with E-state index >= 15 is 0 Å². The maximum atomic E-state index is 8.55. The minimum atomic E-state index is -5.39. The van der Waals surface area contributed by atoms with Gasteiger partial charge < -0.3 is 29.5 Å². The molecule has 0 aromatic rings. The normalized spacial score (nSPS) is 12.8. The largest absolute Gasteiger partial charge is 1.00 e. The Bertz CT molecular complexity index is 126. The van der Waals surface area contributed by atoms with Gasteiger partial charge in [-0.05, 0) is 6.92 Å². The quantitative estimate of drug-likeness (QED) is 0.278. The topological polar surface area (TPSA) is 127 Å². The van der Waals surface area contributed by atoms with Crippen molar-refractivity contribution in [1.29, 1.82) is 0 Å². The average molecular weight is 274 g/mol. The molecule has 0 aliphatic heterocycles. The van der Waals surface area contributed by atoms with Gasteiger partial charge in [0.1, 0.15) is 0 Å². The molecule has 0 rings (SSSR count). The van der Waals surface area contributed by atoms with E-state index in [0.717, 1.165) is 0 Å². The Kier molecular flexibility index (Phi) is 35.4. The summed E-state index contributed by atoms with van der Waals surface area (Å²) in [6.07, 6.45) is -0.827. The Morgan fingerprint density at radius 2 is 1.21 bits per heavy atom. The Labute approximate surface area is 154 Å². The third-order valence-corrected chi connectivity index (χ3v) is 0.763. The van der Waals surface area contributed by atoms with Crippen LogP contribution in [0.1, 0.15) is 6.92 Å². The van der Waals surface area contributed by atoms with Gasteiger partial charge in [0, 0.05) is 0 Å². The van der Waals surface area contributed by atoms with E-state index in [9.17, 15) is 0 Å². The first-order valence-corrected chi connectivity index (χ1v) is 4.27. The molecule has 0 radical (unpaired) electrons. The molecule has 6 nitrogen and oxygen atoms in total. The number of hydrogen-bond donors (Lipinski definition) is 2. The summed E-state index contributed by atoms with van der Waals surface area (Å²) >= 11 is 4.92. The van der Waals surface area contributed by atoms with Crippen LogP contribution in [0.15, 0.2) is 0 Å². The molecular weight excluding hydrogens is 267 g/mol. The fourth-order valence-electron chi connectivity index (χ4n) is 0. The minimum Gasteiger partial charge on any atom is -0.822 e. The molecule has 0 aromatic heterocycles. The maximum absolute atomic E-state index is 8.55. The second-order valence-corrected chi connectivity index (χ2v) is 2.90. The molecule has 2 N–H and O–H groups in total. The van der Waals surface area contributed by atoms with Crippen molar-refractivity contribution in [3.05, 3.63) is 0 Å². The number of phosphoric acid groups is 1. The van der Waals surface area contributed by atoms with E-state index in [-0.39, 0.29) is 88.7 Å². The Morgan fingerprint density at radius 1 is 1.14 bits per heavy atom. The molecule has 0 heterocycles. The molecule has 0 amide bonds. The van der Waals surface area contributed by atoms with Crippen molar-refractivity contribution in [2.75, 3.05) is 0 Å². The first kappa shape index (κ1) is 30.4. The number of aliphatic hydroxyl groups is 2. The average Bonchev–Trinajstić information content (AvgIpc) is 1.59. The summed E-state index contributed by atoms with van der Waals surface area (Å²) in [5, 5.41) is 16.4. The summed E-state index contributed by atoms with van der Waals surface area (Å²) < 4.78 is 8.55. The van der Waals surface area contributed by atoms with Crippen molar-refractivity contribution in [2.24, 2.45) is 0 Å². The van der Waals surface area contributed by atoms with Crippen LogP contribution in [0.3, 0.4) is 0 Å². The van der Waals surface area contributed by atoms with Crippen LogP contribution in [0.5, 0.6) is 0 Å². The van der Waals surface area contributed by atoms with E-state index in [2.05, 4.69) is 0 Å². The molecule has 70 valence electrons. The zero-order chi connectivity index (χ0) is 9.65. The molecule has 2 unspecified atom stereocenters. The van der Waals surface area contributed by atoms with Crippen molar-refractivity contribution in [1.82, 2.24) is 0 Å². The number of aliphatic hydroxyl groups excluding tert-OH is 2. The molecule has 0 spiro atoms. The summed E-state index contributed by atoms with van der Waals surface area (Å²) in [5.74, 6) is 0. The Balaban J connectivity index is -0.0000000321. The SMILES string of the molecule is CC(O)C(O)Cl.O=P([O-])([O-])[O-].[Na+].[Na+].[Na+]. The molecule has 0 aromatic carbocycles. The van der Waals surface area contributed by atoms with Crippen LogP contribution in [0, 0.1) is 0 Å². The van der Waals surface area contributed by atoms with Gasteiger partial charge in [0.15, 0.2) is 5.56 Å². The van der Waals surface area contributed by atoms with Crippen molar-refractivity contribution in [3.8, 4) is 0 Å². The van der Waals surface area contributed by atoms with Gasteiger partial charge in [0.25, 0.3) is 0 Å². The molecule has 0 saturated carbocycles.